The predicted octanol–water partition coefficient (Wildman–Crippen LogP) is 1.84. The van der Waals surface area contributed by atoms with Gasteiger partial charge in [0.1, 0.15) is 11.6 Å². The number of aliphatic hydroxyl groups excluding tert-OH is 1. The summed E-state index contributed by atoms with van der Waals surface area (Å²) in [7, 11) is 1.61. The van der Waals surface area contributed by atoms with Crippen molar-refractivity contribution in [1.82, 2.24) is 9.97 Å². The molecule has 0 aliphatic rings. The Morgan fingerprint density at radius 3 is 3.00 bits per heavy atom. The number of nitrogens with one attached hydrogen (secondary N) is 1. The topological polar surface area (TPSA) is 84.2 Å². The highest BCUT2D eigenvalue weighted by Crippen LogP contribution is 2.31. The number of nitrogens with two attached hydrogens (primary N) is 1. The van der Waals surface area contributed by atoms with Crippen LogP contribution < -0.4 is 10.5 Å². The lowest BCUT2D eigenvalue weighted by atomic mass is 10.1. The van der Waals surface area contributed by atoms with Gasteiger partial charge in [0.15, 0.2) is 0 Å². The van der Waals surface area contributed by atoms with E-state index in [1.54, 1.807) is 13.3 Å². The SMILES string of the molecule is COc1ccc(Br)cc1-c1cnc(C(N)CO)[nH]1. The standard InChI is InChI=1S/C12H14BrN3O2/c1-18-11-3-2-7(13)4-8(11)10-5-15-12(16-10)9(14)6-17/h2-5,9,17H,6,14H2,1H3,(H,15,16). The Morgan fingerprint density at radius 2 is 2.33 bits per heavy atom. The van der Waals surface area contributed by atoms with Gasteiger partial charge in [-0.15, -0.1) is 0 Å². The third-order valence-corrected chi connectivity index (χ3v) is 3.09. The van der Waals surface area contributed by atoms with E-state index in [0.717, 1.165) is 21.5 Å². The van der Waals surface area contributed by atoms with Gasteiger partial charge >= 0.3 is 0 Å². The lowest BCUT2D eigenvalue weighted by Crippen LogP contribution is -2.15. The van der Waals surface area contributed by atoms with Crippen LogP contribution in [0.25, 0.3) is 11.3 Å². The van der Waals surface area contributed by atoms with Gasteiger partial charge in [-0.1, -0.05) is 15.9 Å². The van der Waals surface area contributed by atoms with E-state index in [1.807, 2.05) is 18.2 Å². The van der Waals surface area contributed by atoms with Crippen LogP contribution in [0.1, 0.15) is 11.9 Å². The highest BCUT2D eigenvalue weighted by Gasteiger charge is 2.13. The van der Waals surface area contributed by atoms with E-state index in [4.69, 9.17) is 15.6 Å². The monoisotopic (exact) mass is 311 g/mol. The van der Waals surface area contributed by atoms with Crippen molar-refractivity contribution in [3.63, 3.8) is 0 Å². The molecule has 0 amide bonds. The molecule has 0 aliphatic heterocycles. The zero-order valence-electron chi connectivity index (χ0n) is 9.85. The summed E-state index contributed by atoms with van der Waals surface area (Å²) in [5, 5.41) is 9.00. The number of aromatic nitrogens is 2. The van der Waals surface area contributed by atoms with Crippen LogP contribution in [0.3, 0.4) is 0 Å². The second-order valence-corrected chi connectivity index (χ2v) is 4.73. The van der Waals surface area contributed by atoms with Gasteiger partial charge in [0, 0.05) is 10.0 Å². The van der Waals surface area contributed by atoms with E-state index in [9.17, 15) is 0 Å². The van der Waals surface area contributed by atoms with E-state index in [0.29, 0.717) is 5.82 Å². The van der Waals surface area contributed by atoms with Gasteiger partial charge < -0.3 is 20.6 Å². The largest absolute Gasteiger partial charge is 0.496 e. The van der Waals surface area contributed by atoms with E-state index in [-0.39, 0.29) is 6.61 Å². The molecule has 1 unspecified atom stereocenters. The van der Waals surface area contributed by atoms with E-state index in [1.165, 1.54) is 0 Å². The third-order valence-electron chi connectivity index (χ3n) is 2.60. The summed E-state index contributed by atoms with van der Waals surface area (Å²) in [6, 6.07) is 5.20. The number of benzene rings is 1. The molecule has 0 radical (unpaired) electrons. The fourth-order valence-corrected chi connectivity index (χ4v) is 2.00. The molecule has 96 valence electrons. The van der Waals surface area contributed by atoms with Gasteiger partial charge in [0.2, 0.25) is 0 Å². The smallest absolute Gasteiger partial charge is 0.128 e. The van der Waals surface area contributed by atoms with Gasteiger partial charge in [-0.2, -0.15) is 0 Å². The van der Waals surface area contributed by atoms with Gasteiger partial charge in [0.25, 0.3) is 0 Å². The van der Waals surface area contributed by atoms with Gasteiger partial charge in [0.05, 0.1) is 31.6 Å². The molecule has 1 aromatic heterocycles. The number of ether oxygens (including phenoxy) is 1. The summed E-state index contributed by atoms with van der Waals surface area (Å²) >= 11 is 3.42. The molecule has 0 aliphatic carbocycles. The molecule has 0 bridgehead atoms. The number of H-pyrrole nitrogens is 1. The number of methoxy groups -OCH3 is 1. The van der Waals surface area contributed by atoms with Crippen LogP contribution in [0.5, 0.6) is 5.75 Å². The molecule has 1 heterocycles. The maximum atomic E-state index is 9.00. The van der Waals surface area contributed by atoms with Crippen molar-refractivity contribution in [1.29, 1.82) is 0 Å². The Morgan fingerprint density at radius 1 is 1.56 bits per heavy atom. The first-order valence-corrected chi connectivity index (χ1v) is 6.20. The minimum atomic E-state index is -0.503. The van der Waals surface area contributed by atoms with Gasteiger partial charge in [-0.25, -0.2) is 4.98 Å². The molecule has 18 heavy (non-hydrogen) atoms. The molecule has 1 aromatic carbocycles. The van der Waals surface area contributed by atoms with Crippen molar-refractivity contribution < 1.29 is 9.84 Å². The molecule has 2 rings (SSSR count). The molecule has 0 fully saturated rings. The number of halogens is 1. The molecule has 0 spiro atoms. The Bertz CT molecular complexity index is 542. The van der Waals surface area contributed by atoms with Crippen molar-refractivity contribution in [2.45, 2.75) is 6.04 Å². The first-order valence-electron chi connectivity index (χ1n) is 5.41. The number of hydrogen-bond donors (Lipinski definition) is 3. The zero-order valence-corrected chi connectivity index (χ0v) is 11.4. The Hall–Kier alpha value is -1.37. The Balaban J connectivity index is 2.42. The van der Waals surface area contributed by atoms with Crippen LogP contribution >= 0.6 is 15.9 Å². The van der Waals surface area contributed by atoms with Crippen LogP contribution in [0, 0.1) is 0 Å². The van der Waals surface area contributed by atoms with Crippen LogP contribution in [-0.4, -0.2) is 28.8 Å². The summed E-state index contributed by atoms with van der Waals surface area (Å²) in [5.41, 5.74) is 7.39. The van der Waals surface area contributed by atoms with Crippen molar-refractivity contribution in [3.8, 4) is 17.0 Å². The number of nitrogens with zero attached hydrogens (tertiary/aromatic N) is 1. The summed E-state index contributed by atoms with van der Waals surface area (Å²) in [6.07, 6.45) is 1.68. The quantitative estimate of drug-likeness (QED) is 0.804. The molecule has 2 aromatic rings. The molecular formula is C12H14BrN3O2. The van der Waals surface area contributed by atoms with E-state index >= 15 is 0 Å². The highest BCUT2D eigenvalue weighted by atomic mass is 79.9. The predicted molar refractivity (Wildman–Crippen MR) is 72.3 cm³/mol. The number of imidazole rings is 1. The van der Waals surface area contributed by atoms with E-state index < -0.39 is 6.04 Å². The maximum Gasteiger partial charge on any atom is 0.128 e. The Labute approximate surface area is 113 Å². The fraction of sp³-hybridized carbons (Fsp3) is 0.250. The van der Waals surface area contributed by atoms with Crippen LogP contribution in [0.2, 0.25) is 0 Å². The number of hydrogen-bond acceptors (Lipinski definition) is 4. The number of aromatic amines is 1. The second-order valence-electron chi connectivity index (χ2n) is 3.82. The molecular weight excluding hydrogens is 298 g/mol. The normalized spacial score (nSPS) is 12.4. The van der Waals surface area contributed by atoms with Crippen molar-refractivity contribution in [3.05, 3.63) is 34.7 Å². The molecule has 5 nitrogen and oxygen atoms in total. The van der Waals surface area contributed by atoms with Gasteiger partial charge in [-0.05, 0) is 18.2 Å². The summed E-state index contributed by atoms with van der Waals surface area (Å²) in [5.74, 6) is 1.29. The maximum absolute atomic E-state index is 9.00. The van der Waals surface area contributed by atoms with Crippen molar-refractivity contribution in [2.75, 3.05) is 13.7 Å². The first kappa shape index (κ1) is 13.1. The molecule has 0 saturated heterocycles. The molecule has 1 atom stereocenters. The lowest BCUT2D eigenvalue weighted by Gasteiger charge is -2.07. The van der Waals surface area contributed by atoms with Gasteiger partial charge in [-0.3, -0.25) is 0 Å². The fourth-order valence-electron chi connectivity index (χ4n) is 1.64. The number of aliphatic hydroxyl groups is 1. The minimum Gasteiger partial charge on any atom is -0.496 e. The molecule has 6 heteroatoms. The second kappa shape index (κ2) is 5.51. The van der Waals surface area contributed by atoms with E-state index in [2.05, 4.69) is 25.9 Å². The molecule has 0 saturated carbocycles. The lowest BCUT2D eigenvalue weighted by molar-refractivity contribution is 0.264. The Kier molecular flexibility index (Phi) is 4.00. The van der Waals surface area contributed by atoms with Crippen molar-refractivity contribution >= 4 is 15.9 Å². The molecule has 4 N–H and O–H groups in total. The zero-order chi connectivity index (χ0) is 13.1. The highest BCUT2D eigenvalue weighted by molar-refractivity contribution is 9.10. The average Bonchev–Trinajstić information content (AvgIpc) is 2.87. The summed E-state index contributed by atoms with van der Waals surface area (Å²) in [6.45, 7) is -0.150. The average molecular weight is 312 g/mol. The summed E-state index contributed by atoms with van der Waals surface area (Å²) < 4.78 is 6.25. The number of rotatable bonds is 4. The summed E-state index contributed by atoms with van der Waals surface area (Å²) in [4.78, 5) is 7.24. The third kappa shape index (κ3) is 2.55. The first-order chi connectivity index (χ1) is 8.65. The van der Waals surface area contributed by atoms with Crippen LogP contribution in [-0.2, 0) is 0 Å². The van der Waals surface area contributed by atoms with Crippen LogP contribution in [0.15, 0.2) is 28.9 Å². The van der Waals surface area contributed by atoms with Crippen LogP contribution in [0.4, 0.5) is 0 Å². The minimum absolute atomic E-state index is 0.150. The van der Waals surface area contributed by atoms with Crippen molar-refractivity contribution in [2.24, 2.45) is 5.73 Å².